The van der Waals surface area contributed by atoms with Crippen LogP contribution in [0.15, 0.2) is 14.5 Å². The molecule has 0 saturated carbocycles. The Bertz CT molecular complexity index is 1040. The molecule has 0 aromatic carbocycles. The molecule has 188 valence electrons. The van der Waals surface area contributed by atoms with E-state index in [1.54, 1.807) is 0 Å². The van der Waals surface area contributed by atoms with Crippen molar-refractivity contribution in [2.45, 2.75) is 27.8 Å². The standard InChI is InChI=1S/C16H26N4O10S3/c1-3-17-13-10-19(5-4-6-28-2)33(26,27)16-12(13)9-15(31-16)32(24,25)18-14(21)11-29-7-8-30-20(22)23/h9,13,17H,3-8,10-11H2,1-2H3,(H,18,21)/t13-/m0/s1. The average Bonchev–Trinajstić information content (AvgIpc) is 3.19. The molecular weight excluding hydrogens is 504 g/mol. The van der Waals surface area contributed by atoms with Crippen LogP contribution < -0.4 is 10.0 Å². The zero-order chi connectivity index (χ0) is 24.6. The molecule has 1 amide bonds. The van der Waals surface area contributed by atoms with Crippen molar-refractivity contribution >= 4 is 37.3 Å². The molecule has 0 aliphatic carbocycles. The summed E-state index contributed by atoms with van der Waals surface area (Å²) in [6, 6.07) is 0.829. The van der Waals surface area contributed by atoms with E-state index in [2.05, 4.69) is 10.2 Å². The molecule has 0 radical (unpaired) electrons. The number of methoxy groups -OCH3 is 1. The lowest BCUT2D eigenvalue weighted by molar-refractivity contribution is -0.758. The third kappa shape index (κ3) is 7.29. The van der Waals surface area contributed by atoms with Gasteiger partial charge >= 0.3 is 0 Å². The fraction of sp³-hybridized carbons (Fsp3) is 0.688. The van der Waals surface area contributed by atoms with E-state index >= 15 is 0 Å². The number of carbonyl (C=O) groups is 1. The molecule has 2 heterocycles. The quantitative estimate of drug-likeness (QED) is 0.179. The van der Waals surface area contributed by atoms with Crippen molar-refractivity contribution in [1.29, 1.82) is 0 Å². The molecule has 1 aliphatic rings. The molecule has 0 spiro atoms. The van der Waals surface area contributed by atoms with Gasteiger partial charge in [-0.3, -0.25) is 4.79 Å². The lowest BCUT2D eigenvalue weighted by Gasteiger charge is -2.32. The number of hydrogen-bond acceptors (Lipinski definition) is 12. The summed E-state index contributed by atoms with van der Waals surface area (Å²) in [5.41, 5.74) is 0.325. The van der Waals surface area contributed by atoms with Crippen molar-refractivity contribution in [2.75, 3.05) is 53.2 Å². The summed E-state index contributed by atoms with van der Waals surface area (Å²) in [6.07, 6.45) is 0.475. The van der Waals surface area contributed by atoms with E-state index in [0.29, 0.717) is 36.5 Å². The minimum absolute atomic E-state index is 0.0990. The number of likely N-dealkylation sites (N-methyl/N-ethyl adjacent to an activating group) is 1. The van der Waals surface area contributed by atoms with Crippen molar-refractivity contribution in [1.82, 2.24) is 14.3 Å². The second-order valence-electron chi connectivity index (χ2n) is 6.77. The SMILES string of the molecule is CCN[C@H]1CN(CCCOC)S(=O)(=O)c2sc(S(=O)(=O)NC(=O)COCCO[N+](=O)[O-])cc21. The maximum atomic E-state index is 13.1. The summed E-state index contributed by atoms with van der Waals surface area (Å²) < 4.78 is 63.9. The highest BCUT2D eigenvalue weighted by atomic mass is 32.3. The molecule has 33 heavy (non-hydrogen) atoms. The third-order valence-electron chi connectivity index (χ3n) is 4.42. The Balaban J connectivity index is 2.17. The molecule has 1 aliphatic heterocycles. The van der Waals surface area contributed by atoms with Crippen molar-refractivity contribution < 1.29 is 41.0 Å². The van der Waals surface area contributed by atoms with Crippen LogP contribution in [0.1, 0.15) is 24.9 Å². The molecule has 0 unspecified atom stereocenters. The van der Waals surface area contributed by atoms with Crippen molar-refractivity contribution in [3.05, 3.63) is 21.7 Å². The second kappa shape index (κ2) is 12.0. The van der Waals surface area contributed by atoms with Crippen LogP contribution in [0.2, 0.25) is 0 Å². The molecule has 1 aromatic rings. The lowest BCUT2D eigenvalue weighted by atomic mass is 10.1. The molecule has 17 heteroatoms. The van der Waals surface area contributed by atoms with E-state index in [1.165, 1.54) is 17.5 Å². The number of fused-ring (bicyclic) bond motifs is 1. The summed E-state index contributed by atoms with van der Waals surface area (Å²) in [7, 11) is -6.78. The van der Waals surface area contributed by atoms with Gasteiger partial charge in [-0.05, 0) is 19.0 Å². The van der Waals surface area contributed by atoms with Crippen LogP contribution in [-0.2, 0) is 39.2 Å². The maximum absolute atomic E-state index is 13.1. The van der Waals surface area contributed by atoms with Gasteiger partial charge in [0.15, 0.2) is 0 Å². The first kappa shape index (κ1) is 27.4. The molecule has 14 nitrogen and oxygen atoms in total. The minimum Gasteiger partial charge on any atom is -0.385 e. The van der Waals surface area contributed by atoms with Gasteiger partial charge in [-0.15, -0.1) is 21.5 Å². The van der Waals surface area contributed by atoms with Crippen LogP contribution in [0.5, 0.6) is 0 Å². The topological polar surface area (TPSA) is 183 Å². The molecule has 1 aromatic heterocycles. The maximum Gasteiger partial charge on any atom is 0.294 e. The molecule has 0 bridgehead atoms. The molecule has 2 rings (SSSR count). The Kier molecular flexibility index (Phi) is 9.95. The van der Waals surface area contributed by atoms with Gasteiger partial charge in [0.2, 0.25) is 0 Å². The van der Waals surface area contributed by atoms with E-state index in [9.17, 15) is 31.7 Å². The van der Waals surface area contributed by atoms with Crippen LogP contribution in [0.25, 0.3) is 0 Å². The first-order valence-corrected chi connectivity index (χ1v) is 13.5. The number of sulfonamides is 2. The third-order valence-corrected chi connectivity index (χ3v) is 9.81. The second-order valence-corrected chi connectivity index (χ2v) is 11.9. The number of amides is 1. The van der Waals surface area contributed by atoms with Crippen molar-refractivity contribution in [3.8, 4) is 0 Å². The first-order chi connectivity index (χ1) is 15.5. The van der Waals surface area contributed by atoms with Crippen LogP contribution in [-0.4, -0.2) is 85.3 Å². The summed E-state index contributed by atoms with van der Waals surface area (Å²) in [5, 5.41) is 12.2. The van der Waals surface area contributed by atoms with Gasteiger partial charge in [0.05, 0.1) is 6.61 Å². The smallest absolute Gasteiger partial charge is 0.294 e. The fourth-order valence-electron chi connectivity index (χ4n) is 3.04. The van der Waals surface area contributed by atoms with Gasteiger partial charge < -0.3 is 19.6 Å². The average molecular weight is 531 g/mol. The Hall–Kier alpha value is -1.89. The summed E-state index contributed by atoms with van der Waals surface area (Å²) >= 11 is 0.560. The van der Waals surface area contributed by atoms with Gasteiger partial charge in [0.25, 0.3) is 31.0 Å². The highest BCUT2D eigenvalue weighted by molar-refractivity contribution is 7.94. The van der Waals surface area contributed by atoms with E-state index in [0.717, 1.165) is 0 Å². The van der Waals surface area contributed by atoms with Gasteiger partial charge in [0.1, 0.15) is 21.6 Å². The largest absolute Gasteiger partial charge is 0.385 e. The number of nitrogens with zero attached hydrogens (tertiary/aromatic N) is 2. The molecular formula is C16H26N4O10S3. The molecule has 2 N–H and O–H groups in total. The highest BCUT2D eigenvalue weighted by Gasteiger charge is 2.40. The van der Waals surface area contributed by atoms with Crippen LogP contribution in [0.4, 0.5) is 0 Å². The van der Waals surface area contributed by atoms with Crippen molar-refractivity contribution in [3.63, 3.8) is 0 Å². The van der Waals surface area contributed by atoms with Gasteiger partial charge in [0, 0.05) is 38.4 Å². The number of ether oxygens (including phenoxy) is 2. The zero-order valence-corrected chi connectivity index (χ0v) is 20.5. The van der Waals surface area contributed by atoms with Gasteiger partial charge in [-0.25, -0.2) is 21.6 Å². The molecule has 0 saturated heterocycles. The van der Waals surface area contributed by atoms with E-state index in [-0.39, 0.29) is 28.1 Å². The van der Waals surface area contributed by atoms with Crippen molar-refractivity contribution in [2.24, 2.45) is 0 Å². The number of rotatable bonds is 14. The van der Waals surface area contributed by atoms with Gasteiger partial charge in [-0.1, -0.05) is 6.92 Å². The monoisotopic (exact) mass is 530 g/mol. The number of hydrogen-bond donors (Lipinski definition) is 2. The summed E-state index contributed by atoms with van der Waals surface area (Å²) in [5.74, 6) is -1.02. The predicted molar refractivity (Wildman–Crippen MR) is 115 cm³/mol. The molecule has 1 atom stereocenters. The normalized spacial score (nSPS) is 17.9. The van der Waals surface area contributed by atoms with E-state index in [1.807, 2.05) is 11.6 Å². The van der Waals surface area contributed by atoms with Crippen LogP contribution >= 0.6 is 11.3 Å². The first-order valence-electron chi connectivity index (χ1n) is 9.79. The Morgan fingerprint density at radius 2 is 2.09 bits per heavy atom. The van der Waals surface area contributed by atoms with E-state index < -0.39 is 50.3 Å². The van der Waals surface area contributed by atoms with Crippen LogP contribution in [0, 0.1) is 10.1 Å². The lowest BCUT2D eigenvalue weighted by Crippen LogP contribution is -2.43. The predicted octanol–water partition coefficient (Wildman–Crippen LogP) is -0.531. The minimum atomic E-state index is -4.37. The Morgan fingerprint density at radius 3 is 2.73 bits per heavy atom. The number of thiophene rings is 1. The number of nitrogens with one attached hydrogen (secondary N) is 2. The fourth-order valence-corrected chi connectivity index (χ4v) is 7.90. The highest BCUT2D eigenvalue weighted by Crippen LogP contribution is 2.40. The molecule has 0 fully saturated rings. The van der Waals surface area contributed by atoms with Crippen LogP contribution in [0.3, 0.4) is 0 Å². The zero-order valence-electron chi connectivity index (χ0n) is 18.0. The van der Waals surface area contributed by atoms with Gasteiger partial charge in [-0.2, -0.15) is 4.31 Å². The number of carbonyl (C=O) groups excluding carboxylic acids is 1. The summed E-state index contributed by atoms with van der Waals surface area (Å²) in [6.45, 7) is 1.69. The van der Waals surface area contributed by atoms with E-state index in [4.69, 9.17) is 9.47 Å². The summed E-state index contributed by atoms with van der Waals surface area (Å²) in [4.78, 5) is 26.0. The Morgan fingerprint density at radius 1 is 1.36 bits per heavy atom. The Labute approximate surface area is 195 Å².